The van der Waals surface area contributed by atoms with Crippen LogP contribution in [0.1, 0.15) is 17.3 Å². The number of nitrogens with one attached hydrogen (secondary N) is 1. The Bertz CT molecular complexity index is 502. The molecular formula is C11H13N3O. The highest BCUT2D eigenvalue weighted by Gasteiger charge is 2.06. The van der Waals surface area contributed by atoms with E-state index in [-0.39, 0.29) is 5.91 Å². The number of hydrogen-bond donors (Lipinski definition) is 1. The fourth-order valence-corrected chi connectivity index (χ4v) is 1.54. The highest BCUT2D eigenvalue weighted by atomic mass is 16.1. The zero-order valence-corrected chi connectivity index (χ0v) is 8.82. The summed E-state index contributed by atoms with van der Waals surface area (Å²) >= 11 is 0. The molecule has 4 heteroatoms. The van der Waals surface area contributed by atoms with Gasteiger partial charge >= 0.3 is 0 Å². The minimum Gasteiger partial charge on any atom is -0.352 e. The summed E-state index contributed by atoms with van der Waals surface area (Å²) in [5, 5.41) is 2.76. The fraction of sp³-hybridized carbons (Fsp3) is 0.273. The molecule has 0 bridgehead atoms. The first kappa shape index (κ1) is 9.71. The van der Waals surface area contributed by atoms with Crippen LogP contribution < -0.4 is 5.32 Å². The first-order chi connectivity index (χ1) is 7.22. The maximum atomic E-state index is 11.5. The van der Waals surface area contributed by atoms with E-state index in [0.717, 1.165) is 11.0 Å². The monoisotopic (exact) mass is 203 g/mol. The molecule has 1 aromatic heterocycles. The van der Waals surface area contributed by atoms with Crippen LogP contribution in [0.25, 0.3) is 11.0 Å². The zero-order chi connectivity index (χ0) is 10.8. The van der Waals surface area contributed by atoms with Gasteiger partial charge in [0.05, 0.1) is 17.4 Å². The first-order valence-electron chi connectivity index (χ1n) is 4.91. The third kappa shape index (κ3) is 1.70. The van der Waals surface area contributed by atoms with Crippen molar-refractivity contribution in [3.05, 3.63) is 30.1 Å². The van der Waals surface area contributed by atoms with E-state index in [4.69, 9.17) is 0 Å². The Morgan fingerprint density at radius 3 is 3.07 bits per heavy atom. The molecule has 0 atom stereocenters. The summed E-state index contributed by atoms with van der Waals surface area (Å²) in [7, 11) is 1.93. The van der Waals surface area contributed by atoms with Gasteiger partial charge in [-0.1, -0.05) is 0 Å². The summed E-state index contributed by atoms with van der Waals surface area (Å²) in [4.78, 5) is 15.8. The van der Waals surface area contributed by atoms with Crippen molar-refractivity contribution in [3.8, 4) is 0 Å². The molecule has 0 saturated carbocycles. The molecule has 0 aliphatic carbocycles. The van der Waals surface area contributed by atoms with Crippen LogP contribution in [0.2, 0.25) is 0 Å². The molecule has 1 amide bonds. The quantitative estimate of drug-likeness (QED) is 0.800. The van der Waals surface area contributed by atoms with Crippen molar-refractivity contribution in [1.82, 2.24) is 14.9 Å². The summed E-state index contributed by atoms with van der Waals surface area (Å²) in [6.45, 7) is 2.54. The lowest BCUT2D eigenvalue weighted by molar-refractivity contribution is 0.0956. The van der Waals surface area contributed by atoms with Gasteiger partial charge in [0, 0.05) is 19.2 Å². The topological polar surface area (TPSA) is 46.9 Å². The number of carbonyl (C=O) groups excluding carboxylic acids is 1. The Kier molecular flexibility index (Phi) is 2.41. The van der Waals surface area contributed by atoms with Gasteiger partial charge in [0.25, 0.3) is 5.91 Å². The van der Waals surface area contributed by atoms with Crippen molar-refractivity contribution in [3.63, 3.8) is 0 Å². The summed E-state index contributed by atoms with van der Waals surface area (Å²) in [6, 6.07) is 5.53. The van der Waals surface area contributed by atoms with Crippen molar-refractivity contribution >= 4 is 16.9 Å². The second-order valence-electron chi connectivity index (χ2n) is 3.42. The van der Waals surface area contributed by atoms with E-state index in [2.05, 4.69) is 10.3 Å². The van der Waals surface area contributed by atoms with Crippen LogP contribution in [0, 0.1) is 0 Å². The maximum Gasteiger partial charge on any atom is 0.251 e. The lowest BCUT2D eigenvalue weighted by atomic mass is 10.2. The van der Waals surface area contributed by atoms with Gasteiger partial charge in [-0.05, 0) is 25.1 Å². The highest BCUT2D eigenvalue weighted by Crippen LogP contribution is 2.13. The molecule has 0 aliphatic heterocycles. The molecule has 0 fully saturated rings. The molecule has 78 valence electrons. The smallest absolute Gasteiger partial charge is 0.251 e. The first-order valence-corrected chi connectivity index (χ1v) is 4.91. The lowest BCUT2D eigenvalue weighted by Crippen LogP contribution is -2.22. The van der Waals surface area contributed by atoms with Gasteiger partial charge in [-0.25, -0.2) is 4.98 Å². The van der Waals surface area contributed by atoms with E-state index in [0.29, 0.717) is 12.1 Å². The van der Waals surface area contributed by atoms with Gasteiger partial charge in [0.1, 0.15) is 0 Å². The molecule has 1 N–H and O–H groups in total. The molecule has 0 spiro atoms. The average molecular weight is 203 g/mol. The third-order valence-electron chi connectivity index (χ3n) is 2.32. The third-order valence-corrected chi connectivity index (χ3v) is 2.32. The van der Waals surface area contributed by atoms with Crippen molar-refractivity contribution in [2.45, 2.75) is 6.92 Å². The number of imidazole rings is 1. The Hall–Kier alpha value is -1.84. The minimum atomic E-state index is -0.0509. The molecule has 2 rings (SSSR count). The van der Waals surface area contributed by atoms with E-state index in [9.17, 15) is 4.79 Å². The van der Waals surface area contributed by atoms with Gasteiger partial charge in [-0.15, -0.1) is 0 Å². The van der Waals surface area contributed by atoms with Crippen molar-refractivity contribution in [2.24, 2.45) is 7.05 Å². The van der Waals surface area contributed by atoms with Crippen LogP contribution in [0.3, 0.4) is 0 Å². The molecule has 1 heterocycles. The molecule has 15 heavy (non-hydrogen) atoms. The lowest BCUT2D eigenvalue weighted by Gasteiger charge is -2.01. The number of aromatic nitrogens is 2. The Morgan fingerprint density at radius 1 is 1.53 bits per heavy atom. The van der Waals surface area contributed by atoms with Crippen molar-refractivity contribution in [2.75, 3.05) is 6.54 Å². The normalized spacial score (nSPS) is 10.5. The second-order valence-corrected chi connectivity index (χ2v) is 3.42. The van der Waals surface area contributed by atoms with Crippen molar-refractivity contribution < 1.29 is 4.79 Å². The van der Waals surface area contributed by atoms with Crippen LogP contribution >= 0.6 is 0 Å². The molecule has 0 radical (unpaired) electrons. The van der Waals surface area contributed by atoms with Crippen LogP contribution in [0.15, 0.2) is 24.5 Å². The molecular weight excluding hydrogens is 190 g/mol. The largest absolute Gasteiger partial charge is 0.352 e. The number of benzene rings is 1. The van der Waals surface area contributed by atoms with Gasteiger partial charge < -0.3 is 9.88 Å². The predicted octanol–water partition coefficient (Wildman–Crippen LogP) is 1.32. The van der Waals surface area contributed by atoms with Crippen LogP contribution in [0.4, 0.5) is 0 Å². The van der Waals surface area contributed by atoms with E-state index in [1.54, 1.807) is 12.4 Å². The van der Waals surface area contributed by atoms with E-state index >= 15 is 0 Å². The van der Waals surface area contributed by atoms with E-state index in [1.807, 2.05) is 30.7 Å². The molecule has 0 aliphatic rings. The number of aryl methyl sites for hydroxylation is 1. The summed E-state index contributed by atoms with van der Waals surface area (Å²) in [5.74, 6) is -0.0509. The molecule has 2 aromatic rings. The van der Waals surface area contributed by atoms with E-state index in [1.165, 1.54) is 0 Å². The fourth-order valence-electron chi connectivity index (χ4n) is 1.54. The zero-order valence-electron chi connectivity index (χ0n) is 8.82. The number of rotatable bonds is 2. The number of nitrogens with zero attached hydrogens (tertiary/aromatic N) is 2. The van der Waals surface area contributed by atoms with Gasteiger partial charge in [0.15, 0.2) is 0 Å². The number of fused-ring (bicyclic) bond motifs is 1. The summed E-state index contributed by atoms with van der Waals surface area (Å²) in [5.41, 5.74) is 2.53. The van der Waals surface area contributed by atoms with Gasteiger partial charge in [-0.3, -0.25) is 4.79 Å². The number of amides is 1. The standard InChI is InChI=1S/C11H13N3O/c1-3-12-11(15)8-4-5-10-9(6-8)13-7-14(10)2/h4-7H,3H2,1-2H3,(H,12,15). The SMILES string of the molecule is CCNC(=O)c1ccc2c(c1)ncn2C. The average Bonchev–Trinajstić information content (AvgIpc) is 2.60. The minimum absolute atomic E-state index is 0.0509. The maximum absolute atomic E-state index is 11.5. The Balaban J connectivity index is 2.43. The Morgan fingerprint density at radius 2 is 2.33 bits per heavy atom. The second kappa shape index (κ2) is 3.73. The number of carbonyl (C=O) groups is 1. The van der Waals surface area contributed by atoms with E-state index < -0.39 is 0 Å². The van der Waals surface area contributed by atoms with Crippen LogP contribution in [-0.2, 0) is 7.05 Å². The predicted molar refractivity (Wildman–Crippen MR) is 58.7 cm³/mol. The molecule has 0 saturated heterocycles. The summed E-state index contributed by atoms with van der Waals surface area (Å²) < 4.78 is 1.93. The Labute approximate surface area is 87.9 Å². The summed E-state index contributed by atoms with van der Waals surface area (Å²) in [6.07, 6.45) is 1.74. The molecule has 0 unspecified atom stereocenters. The van der Waals surface area contributed by atoms with Crippen molar-refractivity contribution in [1.29, 1.82) is 0 Å². The van der Waals surface area contributed by atoms with Crippen LogP contribution in [0.5, 0.6) is 0 Å². The van der Waals surface area contributed by atoms with Crippen LogP contribution in [-0.4, -0.2) is 22.0 Å². The molecule has 4 nitrogen and oxygen atoms in total. The molecule has 1 aromatic carbocycles. The number of hydrogen-bond acceptors (Lipinski definition) is 2. The van der Waals surface area contributed by atoms with Gasteiger partial charge in [0.2, 0.25) is 0 Å². The highest BCUT2D eigenvalue weighted by molar-refractivity contribution is 5.97. The van der Waals surface area contributed by atoms with Gasteiger partial charge in [-0.2, -0.15) is 0 Å².